The number of carbonyl (C=O) groups excluding carboxylic acids is 1. The molecule has 1 aliphatic heterocycles. The van der Waals surface area contributed by atoms with Crippen LogP contribution in [-0.2, 0) is 14.2 Å². The van der Waals surface area contributed by atoms with Gasteiger partial charge < -0.3 is 19.1 Å². The van der Waals surface area contributed by atoms with E-state index in [0.717, 1.165) is 5.56 Å². The molecule has 1 aromatic rings. The van der Waals surface area contributed by atoms with Crippen molar-refractivity contribution in [3.05, 3.63) is 35.9 Å². The van der Waals surface area contributed by atoms with Crippen LogP contribution in [0.2, 0.25) is 0 Å². The van der Waals surface area contributed by atoms with Gasteiger partial charge in [-0.1, -0.05) is 30.3 Å². The van der Waals surface area contributed by atoms with Gasteiger partial charge in [-0.2, -0.15) is 0 Å². The van der Waals surface area contributed by atoms with E-state index in [1.807, 2.05) is 39.0 Å². The molecule has 2 rings (SSSR count). The molecule has 1 saturated heterocycles. The summed E-state index contributed by atoms with van der Waals surface area (Å²) in [4.78, 5) is 14.2. The minimum Gasteiger partial charge on any atom is -0.444 e. The van der Waals surface area contributed by atoms with Crippen LogP contribution >= 0.6 is 0 Å². The molecule has 1 aliphatic rings. The second kappa shape index (κ2) is 7.79. The highest BCUT2D eigenvalue weighted by Gasteiger charge is 2.33. The zero-order valence-electron chi connectivity index (χ0n) is 14.5. The van der Waals surface area contributed by atoms with Crippen LogP contribution in [0.5, 0.6) is 0 Å². The van der Waals surface area contributed by atoms with Gasteiger partial charge in [-0.25, -0.2) is 4.79 Å². The van der Waals surface area contributed by atoms with Crippen molar-refractivity contribution in [3.63, 3.8) is 0 Å². The summed E-state index contributed by atoms with van der Waals surface area (Å²) in [6, 6.07) is 10.1. The number of nitrogens with zero attached hydrogens (tertiary/aromatic N) is 1. The van der Waals surface area contributed by atoms with Gasteiger partial charge in [0.15, 0.2) is 0 Å². The van der Waals surface area contributed by atoms with Crippen LogP contribution in [0.1, 0.15) is 32.3 Å². The molecule has 1 heterocycles. The summed E-state index contributed by atoms with van der Waals surface area (Å²) in [6.45, 7) is 7.70. The van der Waals surface area contributed by atoms with Crippen molar-refractivity contribution < 1.29 is 19.0 Å². The third kappa shape index (κ3) is 5.22. The van der Waals surface area contributed by atoms with Gasteiger partial charge in [-0.05, 0) is 26.3 Å². The Morgan fingerprint density at radius 3 is 2.61 bits per heavy atom. The third-order valence-electron chi connectivity index (χ3n) is 3.77. The number of ether oxygens (including phenoxy) is 3. The highest BCUT2D eigenvalue weighted by Crippen LogP contribution is 2.26. The van der Waals surface area contributed by atoms with Crippen LogP contribution in [0, 0.1) is 0 Å². The molecular formula is C18H27NO4. The molecule has 2 atom stereocenters. The first-order valence-electron chi connectivity index (χ1n) is 8.04. The molecule has 0 spiro atoms. The fourth-order valence-electron chi connectivity index (χ4n) is 2.72. The van der Waals surface area contributed by atoms with E-state index in [2.05, 4.69) is 12.1 Å². The quantitative estimate of drug-likeness (QED) is 0.858. The molecule has 128 valence electrons. The van der Waals surface area contributed by atoms with Crippen molar-refractivity contribution in [3.8, 4) is 0 Å². The molecule has 0 aliphatic carbocycles. The second-order valence-corrected chi connectivity index (χ2v) is 6.81. The van der Waals surface area contributed by atoms with Gasteiger partial charge in [-0.3, -0.25) is 0 Å². The number of benzene rings is 1. The van der Waals surface area contributed by atoms with E-state index in [1.165, 1.54) is 0 Å². The number of carbonyl (C=O) groups is 1. The summed E-state index contributed by atoms with van der Waals surface area (Å²) in [5.74, 6) is 0.0613. The first-order chi connectivity index (χ1) is 10.9. The van der Waals surface area contributed by atoms with Crippen LogP contribution in [0.25, 0.3) is 0 Å². The lowest BCUT2D eigenvalue weighted by Gasteiger charge is -2.29. The minimum atomic E-state index is -0.502. The van der Waals surface area contributed by atoms with Crippen LogP contribution in [0.15, 0.2) is 30.3 Å². The van der Waals surface area contributed by atoms with Crippen molar-refractivity contribution in [2.75, 3.05) is 33.4 Å². The molecule has 5 nitrogen and oxygen atoms in total. The first kappa shape index (κ1) is 17.8. The van der Waals surface area contributed by atoms with Crippen molar-refractivity contribution in [1.82, 2.24) is 4.90 Å². The molecule has 0 saturated carbocycles. The number of hydrogen-bond donors (Lipinski definition) is 0. The lowest BCUT2D eigenvalue weighted by molar-refractivity contribution is -0.00491. The predicted molar refractivity (Wildman–Crippen MR) is 88.6 cm³/mol. The highest BCUT2D eigenvalue weighted by molar-refractivity contribution is 5.68. The Morgan fingerprint density at radius 2 is 2.00 bits per heavy atom. The molecule has 2 unspecified atom stereocenters. The topological polar surface area (TPSA) is 48.0 Å². The maximum atomic E-state index is 12.4. The molecule has 1 amide bonds. The van der Waals surface area contributed by atoms with Crippen LogP contribution in [0.3, 0.4) is 0 Å². The van der Waals surface area contributed by atoms with Gasteiger partial charge in [0.25, 0.3) is 0 Å². The maximum absolute atomic E-state index is 12.4. The van der Waals surface area contributed by atoms with Gasteiger partial charge in [-0.15, -0.1) is 0 Å². The van der Waals surface area contributed by atoms with Gasteiger partial charge in [0.2, 0.25) is 0 Å². The minimum absolute atomic E-state index is 0.0613. The fraction of sp³-hybridized carbons (Fsp3) is 0.611. The number of amides is 1. The Kier molecular flexibility index (Phi) is 6.02. The van der Waals surface area contributed by atoms with E-state index in [9.17, 15) is 4.79 Å². The van der Waals surface area contributed by atoms with Crippen LogP contribution in [-0.4, -0.2) is 56.1 Å². The van der Waals surface area contributed by atoms with Crippen molar-refractivity contribution in [2.24, 2.45) is 0 Å². The van der Waals surface area contributed by atoms with Crippen LogP contribution in [0.4, 0.5) is 4.79 Å². The normalized spacial score (nSPS) is 22.5. The standard InChI is InChI=1S/C18H27NO4/c1-18(2,3)23-17(20)19-10-11-22-16(13-21-4)15(12-19)14-8-6-5-7-9-14/h5-9,15-16H,10-13H2,1-4H3. The summed E-state index contributed by atoms with van der Waals surface area (Å²) in [6.07, 6.45) is -0.366. The first-order valence-corrected chi connectivity index (χ1v) is 8.04. The molecule has 0 radical (unpaired) electrons. The highest BCUT2D eigenvalue weighted by atomic mass is 16.6. The Balaban J connectivity index is 2.18. The molecule has 0 bridgehead atoms. The molecule has 23 heavy (non-hydrogen) atoms. The van der Waals surface area contributed by atoms with E-state index in [0.29, 0.717) is 26.3 Å². The Morgan fingerprint density at radius 1 is 1.30 bits per heavy atom. The Hall–Kier alpha value is -1.59. The predicted octanol–water partition coefficient (Wildman–Crippen LogP) is 3.05. The van der Waals surface area contributed by atoms with E-state index in [-0.39, 0.29) is 18.1 Å². The largest absolute Gasteiger partial charge is 0.444 e. The molecule has 1 aromatic carbocycles. The van der Waals surface area contributed by atoms with Gasteiger partial charge >= 0.3 is 6.09 Å². The van der Waals surface area contributed by atoms with Crippen LogP contribution < -0.4 is 0 Å². The molecule has 5 heteroatoms. The summed E-state index contributed by atoms with van der Waals surface area (Å²) >= 11 is 0. The SMILES string of the molecule is COCC1OCCN(C(=O)OC(C)(C)C)CC1c1ccccc1. The fourth-order valence-corrected chi connectivity index (χ4v) is 2.72. The molecule has 0 N–H and O–H groups in total. The summed E-state index contributed by atoms with van der Waals surface area (Å²) in [7, 11) is 1.67. The molecule has 1 fully saturated rings. The number of rotatable bonds is 3. The van der Waals surface area contributed by atoms with Crippen molar-refractivity contribution in [1.29, 1.82) is 0 Å². The summed E-state index contributed by atoms with van der Waals surface area (Å²) in [5, 5.41) is 0. The molecule has 0 aromatic heterocycles. The Labute approximate surface area is 138 Å². The van der Waals surface area contributed by atoms with Crippen molar-refractivity contribution >= 4 is 6.09 Å². The summed E-state index contributed by atoms with van der Waals surface area (Å²) in [5.41, 5.74) is 0.642. The number of hydrogen-bond acceptors (Lipinski definition) is 4. The molecular weight excluding hydrogens is 294 g/mol. The lowest BCUT2D eigenvalue weighted by atomic mass is 9.93. The average Bonchev–Trinajstić information content (AvgIpc) is 2.70. The monoisotopic (exact) mass is 321 g/mol. The zero-order chi connectivity index (χ0) is 16.9. The van der Waals surface area contributed by atoms with E-state index < -0.39 is 5.60 Å². The van der Waals surface area contributed by atoms with E-state index >= 15 is 0 Å². The van der Waals surface area contributed by atoms with Gasteiger partial charge in [0.05, 0.1) is 19.3 Å². The average molecular weight is 321 g/mol. The second-order valence-electron chi connectivity index (χ2n) is 6.81. The van der Waals surface area contributed by atoms with Gasteiger partial charge in [0.1, 0.15) is 5.60 Å². The summed E-state index contributed by atoms with van der Waals surface area (Å²) < 4.78 is 16.8. The third-order valence-corrected chi connectivity index (χ3v) is 3.77. The van der Waals surface area contributed by atoms with Crippen molar-refractivity contribution in [2.45, 2.75) is 38.4 Å². The van der Waals surface area contributed by atoms with E-state index in [4.69, 9.17) is 14.2 Å². The Bertz CT molecular complexity index is 497. The smallest absolute Gasteiger partial charge is 0.410 e. The zero-order valence-corrected chi connectivity index (χ0v) is 14.5. The maximum Gasteiger partial charge on any atom is 0.410 e. The van der Waals surface area contributed by atoms with E-state index in [1.54, 1.807) is 12.0 Å². The lowest BCUT2D eigenvalue weighted by Crippen LogP contribution is -2.40. The number of methoxy groups -OCH3 is 1. The van der Waals surface area contributed by atoms with Gasteiger partial charge in [0, 0.05) is 26.1 Å².